The van der Waals surface area contributed by atoms with Crippen LogP contribution in [0.25, 0.3) is 0 Å². The van der Waals surface area contributed by atoms with Gasteiger partial charge in [-0.15, -0.1) is 0 Å². The SMILES string of the molecule is CCCCCNS(=O)(=O)C(C)CN. The predicted molar refractivity (Wildman–Crippen MR) is 55.0 cm³/mol. The molecule has 4 nitrogen and oxygen atoms in total. The van der Waals surface area contributed by atoms with Crippen LogP contribution in [-0.4, -0.2) is 26.8 Å². The first-order valence-electron chi connectivity index (χ1n) is 4.73. The molecule has 0 aromatic carbocycles. The molecule has 0 aromatic heterocycles. The molecule has 0 spiro atoms. The number of hydrogen-bond acceptors (Lipinski definition) is 3. The maximum absolute atomic E-state index is 11.3. The average Bonchev–Trinajstić information content (AvgIpc) is 2.11. The molecule has 0 amide bonds. The van der Waals surface area contributed by atoms with Crippen molar-refractivity contribution in [2.45, 2.75) is 38.4 Å². The third-order valence-electron chi connectivity index (χ3n) is 1.95. The number of nitrogens with two attached hydrogens (primary N) is 1. The van der Waals surface area contributed by atoms with E-state index in [-0.39, 0.29) is 6.54 Å². The highest BCUT2D eigenvalue weighted by Crippen LogP contribution is 1.97. The van der Waals surface area contributed by atoms with Crippen molar-refractivity contribution >= 4 is 10.0 Å². The number of rotatable bonds is 7. The fraction of sp³-hybridized carbons (Fsp3) is 1.00. The van der Waals surface area contributed by atoms with Crippen LogP contribution in [0.5, 0.6) is 0 Å². The fourth-order valence-corrected chi connectivity index (χ4v) is 1.83. The average molecular weight is 208 g/mol. The second-order valence-electron chi connectivity index (χ2n) is 3.19. The zero-order valence-electron chi connectivity index (χ0n) is 8.41. The van der Waals surface area contributed by atoms with Crippen LogP contribution in [0, 0.1) is 0 Å². The van der Waals surface area contributed by atoms with E-state index in [1.165, 1.54) is 0 Å². The lowest BCUT2D eigenvalue weighted by atomic mass is 10.3. The summed E-state index contributed by atoms with van der Waals surface area (Å²) in [4.78, 5) is 0. The lowest BCUT2D eigenvalue weighted by Gasteiger charge is -2.11. The summed E-state index contributed by atoms with van der Waals surface area (Å²) >= 11 is 0. The molecule has 1 atom stereocenters. The lowest BCUT2D eigenvalue weighted by Crippen LogP contribution is -2.37. The summed E-state index contributed by atoms with van der Waals surface area (Å²) < 4.78 is 25.2. The summed E-state index contributed by atoms with van der Waals surface area (Å²) in [6.45, 7) is 4.39. The third kappa shape index (κ3) is 5.23. The van der Waals surface area contributed by atoms with Crippen molar-refractivity contribution in [1.29, 1.82) is 0 Å². The molecule has 0 bridgehead atoms. The molecule has 3 N–H and O–H groups in total. The van der Waals surface area contributed by atoms with Crippen LogP contribution in [0.4, 0.5) is 0 Å². The quantitative estimate of drug-likeness (QED) is 0.596. The fourth-order valence-electron chi connectivity index (χ4n) is 0.858. The van der Waals surface area contributed by atoms with Gasteiger partial charge < -0.3 is 5.73 Å². The molecule has 0 saturated carbocycles. The Hall–Kier alpha value is -0.130. The highest BCUT2D eigenvalue weighted by atomic mass is 32.2. The molecule has 1 unspecified atom stereocenters. The number of hydrogen-bond donors (Lipinski definition) is 2. The van der Waals surface area contributed by atoms with E-state index in [4.69, 9.17) is 5.73 Å². The molecule has 5 heteroatoms. The first-order valence-corrected chi connectivity index (χ1v) is 6.27. The highest BCUT2D eigenvalue weighted by molar-refractivity contribution is 7.90. The zero-order chi connectivity index (χ0) is 10.3. The van der Waals surface area contributed by atoms with Gasteiger partial charge in [0.25, 0.3) is 0 Å². The van der Waals surface area contributed by atoms with Gasteiger partial charge in [-0.05, 0) is 13.3 Å². The van der Waals surface area contributed by atoms with Crippen LogP contribution in [0.3, 0.4) is 0 Å². The number of sulfonamides is 1. The van der Waals surface area contributed by atoms with Gasteiger partial charge in [-0.3, -0.25) is 0 Å². The first-order chi connectivity index (χ1) is 6.04. The second kappa shape index (κ2) is 6.34. The molecule has 0 aromatic rings. The summed E-state index contributed by atoms with van der Waals surface area (Å²) in [6, 6.07) is 0. The molecule has 13 heavy (non-hydrogen) atoms. The molecular formula is C8H20N2O2S. The Morgan fingerprint density at radius 3 is 2.46 bits per heavy atom. The van der Waals surface area contributed by atoms with Gasteiger partial charge in [0.2, 0.25) is 10.0 Å². The Kier molecular flexibility index (Phi) is 6.28. The third-order valence-corrected chi connectivity index (χ3v) is 3.80. The standard InChI is InChI=1S/C8H20N2O2S/c1-3-4-5-6-10-13(11,12)8(2)7-9/h8,10H,3-7,9H2,1-2H3. The van der Waals surface area contributed by atoms with E-state index < -0.39 is 15.3 Å². The van der Waals surface area contributed by atoms with Gasteiger partial charge in [0.15, 0.2) is 0 Å². The Morgan fingerprint density at radius 1 is 1.38 bits per heavy atom. The van der Waals surface area contributed by atoms with Gasteiger partial charge in [0.1, 0.15) is 0 Å². The van der Waals surface area contributed by atoms with Gasteiger partial charge in [-0.1, -0.05) is 19.8 Å². The van der Waals surface area contributed by atoms with Crippen LogP contribution in [-0.2, 0) is 10.0 Å². The van der Waals surface area contributed by atoms with E-state index in [0.717, 1.165) is 19.3 Å². The monoisotopic (exact) mass is 208 g/mol. The zero-order valence-corrected chi connectivity index (χ0v) is 9.23. The normalized spacial score (nSPS) is 14.4. The van der Waals surface area contributed by atoms with Crippen molar-refractivity contribution in [2.24, 2.45) is 5.73 Å². The van der Waals surface area contributed by atoms with Crippen molar-refractivity contribution in [3.05, 3.63) is 0 Å². The molecule has 0 aliphatic rings. The van der Waals surface area contributed by atoms with Crippen LogP contribution < -0.4 is 10.5 Å². The molecule has 0 fully saturated rings. The maximum atomic E-state index is 11.3. The second-order valence-corrected chi connectivity index (χ2v) is 5.38. The molecule has 0 saturated heterocycles. The Labute approximate surface area is 80.9 Å². The Balaban J connectivity index is 3.77. The maximum Gasteiger partial charge on any atom is 0.215 e. The summed E-state index contributed by atoms with van der Waals surface area (Å²) in [5.41, 5.74) is 5.27. The lowest BCUT2D eigenvalue weighted by molar-refractivity contribution is 0.564. The van der Waals surface area contributed by atoms with Crippen LogP contribution >= 0.6 is 0 Å². The largest absolute Gasteiger partial charge is 0.329 e. The molecular weight excluding hydrogens is 188 g/mol. The van der Waals surface area contributed by atoms with E-state index in [2.05, 4.69) is 11.6 Å². The van der Waals surface area contributed by atoms with Gasteiger partial charge in [-0.25, -0.2) is 13.1 Å². The summed E-state index contributed by atoms with van der Waals surface area (Å²) in [7, 11) is -3.17. The minimum atomic E-state index is -3.17. The van der Waals surface area contributed by atoms with Crippen LogP contribution in [0.15, 0.2) is 0 Å². The van der Waals surface area contributed by atoms with Crippen molar-refractivity contribution in [2.75, 3.05) is 13.1 Å². The van der Waals surface area contributed by atoms with Gasteiger partial charge in [0, 0.05) is 13.1 Å². The first kappa shape index (κ1) is 12.9. The highest BCUT2D eigenvalue weighted by Gasteiger charge is 2.17. The van der Waals surface area contributed by atoms with Crippen molar-refractivity contribution in [3.8, 4) is 0 Å². The summed E-state index contributed by atoms with van der Waals surface area (Å²) in [5, 5.41) is -0.492. The number of nitrogens with one attached hydrogen (secondary N) is 1. The molecule has 0 aliphatic heterocycles. The number of unbranched alkanes of at least 4 members (excludes halogenated alkanes) is 2. The summed E-state index contributed by atoms with van der Waals surface area (Å²) in [6.07, 6.45) is 3.04. The molecule has 0 rings (SSSR count). The molecule has 0 radical (unpaired) electrons. The van der Waals surface area contributed by atoms with E-state index >= 15 is 0 Å². The van der Waals surface area contributed by atoms with Crippen molar-refractivity contribution in [3.63, 3.8) is 0 Å². The summed E-state index contributed by atoms with van der Waals surface area (Å²) in [5.74, 6) is 0. The predicted octanol–water partition coefficient (Wildman–Crippen LogP) is 0.443. The Morgan fingerprint density at radius 2 is 2.00 bits per heavy atom. The smallest absolute Gasteiger partial charge is 0.215 e. The van der Waals surface area contributed by atoms with E-state index in [1.807, 2.05) is 0 Å². The van der Waals surface area contributed by atoms with Gasteiger partial charge in [-0.2, -0.15) is 0 Å². The molecule has 80 valence electrons. The van der Waals surface area contributed by atoms with Gasteiger partial charge >= 0.3 is 0 Å². The topological polar surface area (TPSA) is 72.2 Å². The Bertz CT molecular complexity index is 214. The van der Waals surface area contributed by atoms with E-state index in [0.29, 0.717) is 6.54 Å². The minimum absolute atomic E-state index is 0.170. The van der Waals surface area contributed by atoms with Crippen LogP contribution in [0.1, 0.15) is 33.1 Å². The van der Waals surface area contributed by atoms with E-state index in [1.54, 1.807) is 6.92 Å². The van der Waals surface area contributed by atoms with Crippen LogP contribution in [0.2, 0.25) is 0 Å². The van der Waals surface area contributed by atoms with Crippen molar-refractivity contribution < 1.29 is 8.42 Å². The molecule has 0 heterocycles. The van der Waals surface area contributed by atoms with Gasteiger partial charge in [0.05, 0.1) is 5.25 Å². The van der Waals surface area contributed by atoms with Crippen molar-refractivity contribution in [1.82, 2.24) is 4.72 Å². The minimum Gasteiger partial charge on any atom is -0.329 e. The van der Waals surface area contributed by atoms with E-state index in [9.17, 15) is 8.42 Å². The molecule has 0 aliphatic carbocycles.